The van der Waals surface area contributed by atoms with Crippen molar-refractivity contribution in [3.05, 3.63) is 11.9 Å². The van der Waals surface area contributed by atoms with E-state index in [-0.39, 0.29) is 0 Å². The van der Waals surface area contributed by atoms with Crippen molar-refractivity contribution in [2.45, 2.75) is 45.4 Å². The summed E-state index contributed by atoms with van der Waals surface area (Å²) in [4.78, 5) is 0. The molecular formula is C11H20N2O3. The molecule has 1 unspecified atom stereocenters. The number of aliphatic hydroxyl groups excluding tert-OH is 1. The Bertz CT molecular complexity index is 341. The van der Waals surface area contributed by atoms with Crippen molar-refractivity contribution in [3.63, 3.8) is 0 Å². The second-order valence-corrected chi connectivity index (χ2v) is 4.38. The predicted molar refractivity (Wildman–Crippen MR) is 60.3 cm³/mol. The number of nitrogens with zero attached hydrogens (tertiary/aromatic N) is 2. The third kappa shape index (κ3) is 2.54. The first-order valence-corrected chi connectivity index (χ1v) is 5.42. The molecule has 2 N–H and O–H groups in total. The van der Waals surface area contributed by atoms with Gasteiger partial charge in [0.05, 0.1) is 18.9 Å². The molecule has 0 amide bonds. The minimum absolute atomic E-state index is 0.503. The Labute approximate surface area is 95.7 Å². The van der Waals surface area contributed by atoms with Crippen LogP contribution in [-0.4, -0.2) is 32.7 Å². The highest BCUT2D eigenvalue weighted by Gasteiger charge is 2.32. The lowest BCUT2D eigenvalue weighted by atomic mass is 9.98. The Morgan fingerprint density at radius 3 is 2.62 bits per heavy atom. The normalized spacial score (nSPS) is 13.9. The topological polar surface area (TPSA) is 67.5 Å². The van der Waals surface area contributed by atoms with Gasteiger partial charge in [-0.25, -0.2) is 0 Å². The average Bonchev–Trinajstić information content (AvgIpc) is 2.58. The van der Waals surface area contributed by atoms with E-state index in [4.69, 9.17) is 4.74 Å². The van der Waals surface area contributed by atoms with Gasteiger partial charge in [-0.3, -0.25) is 4.68 Å². The standard InChI is InChI=1S/C11H20N2O3/c1-5-6-13-9(8(16-4)7-12-13)10(14)11(2,3)15/h7,10,14-15H,5-6H2,1-4H3. The van der Waals surface area contributed by atoms with Crippen LogP contribution in [0.3, 0.4) is 0 Å². The molecule has 16 heavy (non-hydrogen) atoms. The van der Waals surface area contributed by atoms with E-state index in [2.05, 4.69) is 5.10 Å². The Morgan fingerprint density at radius 1 is 1.56 bits per heavy atom. The first kappa shape index (κ1) is 13.0. The number of hydrogen-bond donors (Lipinski definition) is 2. The minimum atomic E-state index is -1.22. The van der Waals surface area contributed by atoms with Crippen molar-refractivity contribution in [2.24, 2.45) is 0 Å². The summed E-state index contributed by atoms with van der Waals surface area (Å²) in [6, 6.07) is 0. The van der Waals surface area contributed by atoms with Crippen LogP contribution < -0.4 is 4.74 Å². The number of aliphatic hydroxyl groups is 2. The lowest BCUT2D eigenvalue weighted by molar-refractivity contribution is -0.0547. The summed E-state index contributed by atoms with van der Waals surface area (Å²) in [7, 11) is 1.52. The van der Waals surface area contributed by atoms with Crippen molar-refractivity contribution < 1.29 is 14.9 Å². The molecule has 0 spiro atoms. The molecule has 0 saturated heterocycles. The van der Waals surface area contributed by atoms with E-state index < -0.39 is 11.7 Å². The van der Waals surface area contributed by atoms with Crippen LogP contribution in [0.2, 0.25) is 0 Å². The van der Waals surface area contributed by atoms with Crippen LogP contribution in [0.25, 0.3) is 0 Å². The summed E-state index contributed by atoms with van der Waals surface area (Å²) in [5.41, 5.74) is -0.699. The van der Waals surface area contributed by atoms with Crippen LogP contribution in [-0.2, 0) is 6.54 Å². The number of ether oxygens (including phenoxy) is 1. The largest absolute Gasteiger partial charge is 0.493 e. The quantitative estimate of drug-likeness (QED) is 0.792. The summed E-state index contributed by atoms with van der Waals surface area (Å²) >= 11 is 0. The van der Waals surface area contributed by atoms with Crippen molar-refractivity contribution in [1.29, 1.82) is 0 Å². The molecule has 0 saturated carbocycles. The Kier molecular flexibility index (Phi) is 3.93. The van der Waals surface area contributed by atoms with E-state index in [1.807, 2.05) is 6.92 Å². The second-order valence-electron chi connectivity index (χ2n) is 4.38. The molecule has 5 heteroatoms. The summed E-state index contributed by atoms with van der Waals surface area (Å²) in [5, 5.41) is 24.0. The molecule has 0 aliphatic carbocycles. The zero-order valence-electron chi connectivity index (χ0n) is 10.3. The fourth-order valence-corrected chi connectivity index (χ4v) is 1.54. The lowest BCUT2D eigenvalue weighted by Gasteiger charge is -2.25. The summed E-state index contributed by atoms with van der Waals surface area (Å²) < 4.78 is 6.80. The van der Waals surface area contributed by atoms with Gasteiger partial charge >= 0.3 is 0 Å². The van der Waals surface area contributed by atoms with Crippen LogP contribution in [0.1, 0.15) is 39.0 Å². The van der Waals surface area contributed by atoms with Crippen LogP contribution >= 0.6 is 0 Å². The average molecular weight is 228 g/mol. The fraction of sp³-hybridized carbons (Fsp3) is 0.727. The van der Waals surface area contributed by atoms with Crippen LogP contribution in [0.5, 0.6) is 5.75 Å². The van der Waals surface area contributed by atoms with Crippen molar-refractivity contribution >= 4 is 0 Å². The molecular weight excluding hydrogens is 208 g/mol. The Morgan fingerprint density at radius 2 is 2.19 bits per heavy atom. The monoisotopic (exact) mass is 228 g/mol. The zero-order chi connectivity index (χ0) is 12.3. The molecule has 0 aliphatic heterocycles. The van der Waals surface area contributed by atoms with Crippen LogP contribution in [0.15, 0.2) is 6.20 Å². The van der Waals surface area contributed by atoms with Crippen LogP contribution in [0, 0.1) is 0 Å². The number of rotatable bonds is 5. The molecule has 1 rings (SSSR count). The van der Waals surface area contributed by atoms with Gasteiger partial charge in [0.1, 0.15) is 11.8 Å². The van der Waals surface area contributed by atoms with Gasteiger partial charge in [0.15, 0.2) is 5.75 Å². The third-order valence-corrected chi connectivity index (χ3v) is 2.43. The van der Waals surface area contributed by atoms with E-state index in [1.165, 1.54) is 7.11 Å². The maximum Gasteiger partial charge on any atom is 0.162 e. The molecule has 1 heterocycles. The molecule has 1 atom stereocenters. The number of aromatic nitrogens is 2. The number of hydrogen-bond acceptors (Lipinski definition) is 4. The van der Waals surface area contributed by atoms with Gasteiger partial charge in [0, 0.05) is 6.54 Å². The minimum Gasteiger partial charge on any atom is -0.493 e. The lowest BCUT2D eigenvalue weighted by Crippen LogP contribution is -2.30. The maximum absolute atomic E-state index is 10.1. The van der Waals surface area contributed by atoms with E-state index in [1.54, 1.807) is 24.7 Å². The van der Waals surface area contributed by atoms with Gasteiger partial charge in [-0.2, -0.15) is 5.10 Å². The van der Waals surface area contributed by atoms with Gasteiger partial charge in [-0.05, 0) is 20.3 Å². The Balaban J connectivity index is 3.12. The maximum atomic E-state index is 10.1. The predicted octanol–water partition coefficient (Wildman–Crippen LogP) is 1.11. The van der Waals surface area contributed by atoms with E-state index >= 15 is 0 Å². The number of aryl methyl sites for hydroxylation is 1. The molecule has 0 fully saturated rings. The molecule has 0 aliphatic rings. The van der Waals surface area contributed by atoms with Gasteiger partial charge in [-0.15, -0.1) is 0 Å². The summed E-state index contributed by atoms with van der Waals surface area (Å²) in [6.07, 6.45) is 1.44. The van der Waals surface area contributed by atoms with Crippen molar-refractivity contribution in [3.8, 4) is 5.75 Å². The summed E-state index contributed by atoms with van der Waals surface area (Å²) in [5.74, 6) is 0.503. The fourth-order valence-electron chi connectivity index (χ4n) is 1.54. The number of methoxy groups -OCH3 is 1. The van der Waals surface area contributed by atoms with Gasteiger partial charge in [0.25, 0.3) is 0 Å². The molecule has 5 nitrogen and oxygen atoms in total. The van der Waals surface area contributed by atoms with Gasteiger partial charge in [-0.1, -0.05) is 6.92 Å². The van der Waals surface area contributed by atoms with Crippen LogP contribution in [0.4, 0.5) is 0 Å². The molecule has 0 aromatic carbocycles. The van der Waals surface area contributed by atoms with E-state index in [0.29, 0.717) is 18.0 Å². The first-order valence-electron chi connectivity index (χ1n) is 5.42. The van der Waals surface area contributed by atoms with Crippen molar-refractivity contribution in [1.82, 2.24) is 9.78 Å². The van der Waals surface area contributed by atoms with Gasteiger partial charge in [0.2, 0.25) is 0 Å². The third-order valence-electron chi connectivity index (χ3n) is 2.43. The van der Waals surface area contributed by atoms with Crippen molar-refractivity contribution in [2.75, 3.05) is 7.11 Å². The highest BCUT2D eigenvalue weighted by molar-refractivity contribution is 5.28. The SMILES string of the molecule is CCCn1ncc(OC)c1C(O)C(C)(C)O. The molecule has 1 aromatic heterocycles. The van der Waals surface area contributed by atoms with Gasteiger partial charge < -0.3 is 14.9 Å². The molecule has 1 aromatic rings. The Hall–Kier alpha value is -1.07. The summed E-state index contributed by atoms with van der Waals surface area (Å²) in [6.45, 7) is 5.82. The zero-order valence-corrected chi connectivity index (χ0v) is 10.3. The molecule has 0 radical (unpaired) electrons. The second kappa shape index (κ2) is 4.84. The molecule has 92 valence electrons. The van der Waals surface area contributed by atoms with E-state index in [9.17, 15) is 10.2 Å². The smallest absolute Gasteiger partial charge is 0.162 e. The highest BCUT2D eigenvalue weighted by atomic mass is 16.5. The van der Waals surface area contributed by atoms with E-state index in [0.717, 1.165) is 6.42 Å². The highest BCUT2D eigenvalue weighted by Crippen LogP contribution is 2.32. The first-order chi connectivity index (χ1) is 7.41. The molecule has 0 bridgehead atoms.